The lowest BCUT2D eigenvalue weighted by atomic mass is 9.84. The summed E-state index contributed by atoms with van der Waals surface area (Å²) in [5.74, 6) is 0.437. The van der Waals surface area contributed by atoms with E-state index in [2.05, 4.69) is 27.7 Å². The second kappa shape index (κ2) is 7.03. The summed E-state index contributed by atoms with van der Waals surface area (Å²) in [7, 11) is 1.78. The topological polar surface area (TPSA) is 46.3 Å². The van der Waals surface area contributed by atoms with E-state index in [1.54, 1.807) is 11.9 Å². The van der Waals surface area contributed by atoms with E-state index in [1.165, 1.54) is 0 Å². The van der Waals surface area contributed by atoms with Crippen LogP contribution < -0.4 is 10.6 Å². The monoisotopic (exact) mass is 306 g/mol. The third kappa shape index (κ3) is 5.46. The lowest BCUT2D eigenvalue weighted by Gasteiger charge is -2.25. The number of para-hydroxylation sites is 1. The van der Waals surface area contributed by atoms with E-state index in [0.717, 1.165) is 17.7 Å². The fourth-order valence-electron chi connectivity index (χ4n) is 2.66. The Bertz CT molecular complexity index is 520. The van der Waals surface area contributed by atoms with Gasteiger partial charge in [0.2, 0.25) is 5.91 Å². The van der Waals surface area contributed by atoms with E-state index < -0.39 is 0 Å². The van der Waals surface area contributed by atoms with Crippen molar-refractivity contribution in [2.45, 2.75) is 40.5 Å². The van der Waals surface area contributed by atoms with Crippen LogP contribution in [0, 0.1) is 11.3 Å². The highest BCUT2D eigenvalue weighted by Crippen LogP contribution is 2.27. The first-order valence-corrected chi connectivity index (χ1v) is 7.68. The first-order valence-electron chi connectivity index (χ1n) is 7.27. The zero-order chi connectivity index (χ0) is 16.2. The SMILES string of the molecule is CC(CC(=O)N(C)c1ccccc1C(N)=S)CC(C)(C)C. The number of carbonyl (C=O) groups is 1. The quantitative estimate of drug-likeness (QED) is 0.843. The predicted octanol–water partition coefficient (Wildman–Crippen LogP) is 3.75. The molecule has 0 saturated carbocycles. The number of hydrogen-bond acceptors (Lipinski definition) is 2. The third-order valence-corrected chi connectivity index (χ3v) is 3.61. The number of nitrogens with two attached hydrogens (primary N) is 1. The van der Waals surface area contributed by atoms with E-state index in [0.29, 0.717) is 17.3 Å². The third-order valence-electron chi connectivity index (χ3n) is 3.39. The summed E-state index contributed by atoms with van der Waals surface area (Å²) in [6.07, 6.45) is 1.54. The Kier molecular flexibility index (Phi) is 5.90. The molecule has 0 aliphatic rings. The predicted molar refractivity (Wildman–Crippen MR) is 93.6 cm³/mol. The molecule has 0 radical (unpaired) electrons. The molecule has 1 aromatic rings. The molecule has 3 nitrogen and oxygen atoms in total. The summed E-state index contributed by atoms with van der Waals surface area (Å²) in [5.41, 5.74) is 7.48. The lowest BCUT2D eigenvalue weighted by Crippen LogP contribution is -2.30. The maximum Gasteiger partial charge on any atom is 0.227 e. The first-order chi connectivity index (χ1) is 9.61. The van der Waals surface area contributed by atoms with Crippen molar-refractivity contribution in [3.05, 3.63) is 29.8 Å². The molecular formula is C17H26N2OS. The number of rotatable bonds is 5. The van der Waals surface area contributed by atoms with Gasteiger partial charge in [0.05, 0.1) is 5.69 Å². The van der Waals surface area contributed by atoms with E-state index in [-0.39, 0.29) is 11.3 Å². The Morgan fingerprint density at radius 2 is 1.90 bits per heavy atom. The van der Waals surface area contributed by atoms with Crippen molar-refractivity contribution in [1.82, 2.24) is 0 Å². The van der Waals surface area contributed by atoms with E-state index in [4.69, 9.17) is 18.0 Å². The van der Waals surface area contributed by atoms with Crippen LogP contribution in [0.2, 0.25) is 0 Å². The summed E-state index contributed by atoms with van der Waals surface area (Å²) in [6, 6.07) is 7.48. The Balaban J connectivity index is 2.82. The highest BCUT2D eigenvalue weighted by atomic mass is 32.1. The van der Waals surface area contributed by atoms with Gasteiger partial charge in [0.15, 0.2) is 0 Å². The summed E-state index contributed by atoms with van der Waals surface area (Å²) in [5, 5.41) is 0. The van der Waals surface area contributed by atoms with E-state index in [9.17, 15) is 4.79 Å². The first kappa shape index (κ1) is 17.6. The molecule has 0 bridgehead atoms. The molecule has 0 heterocycles. The van der Waals surface area contributed by atoms with Crippen molar-refractivity contribution < 1.29 is 4.79 Å². The van der Waals surface area contributed by atoms with Crippen molar-refractivity contribution in [1.29, 1.82) is 0 Å². The molecule has 0 aliphatic carbocycles. The van der Waals surface area contributed by atoms with Crippen LogP contribution in [0.1, 0.15) is 46.1 Å². The van der Waals surface area contributed by atoms with Gasteiger partial charge in [0.1, 0.15) is 4.99 Å². The maximum absolute atomic E-state index is 12.5. The molecule has 0 fully saturated rings. The van der Waals surface area contributed by atoms with Crippen LogP contribution in [0.15, 0.2) is 24.3 Å². The molecule has 1 unspecified atom stereocenters. The molecule has 0 saturated heterocycles. The van der Waals surface area contributed by atoms with Crippen LogP contribution in [0.25, 0.3) is 0 Å². The number of nitrogens with zero attached hydrogens (tertiary/aromatic N) is 1. The van der Waals surface area contributed by atoms with Gasteiger partial charge in [-0.3, -0.25) is 4.79 Å². The molecule has 1 rings (SSSR count). The number of thiocarbonyl (C=S) groups is 1. The van der Waals surface area contributed by atoms with Gasteiger partial charge in [0, 0.05) is 19.0 Å². The van der Waals surface area contributed by atoms with Gasteiger partial charge in [-0.15, -0.1) is 0 Å². The molecule has 1 atom stereocenters. The van der Waals surface area contributed by atoms with Crippen molar-refractivity contribution in [2.75, 3.05) is 11.9 Å². The molecule has 21 heavy (non-hydrogen) atoms. The van der Waals surface area contributed by atoms with Gasteiger partial charge in [-0.05, 0) is 29.9 Å². The second-order valence-corrected chi connectivity index (χ2v) is 7.35. The maximum atomic E-state index is 12.5. The second-order valence-electron chi connectivity index (χ2n) is 6.91. The number of amides is 1. The summed E-state index contributed by atoms with van der Waals surface area (Å²) < 4.78 is 0. The molecule has 1 aromatic carbocycles. The Hall–Kier alpha value is -1.42. The van der Waals surface area contributed by atoms with Gasteiger partial charge < -0.3 is 10.6 Å². The number of hydrogen-bond donors (Lipinski definition) is 1. The molecule has 0 aliphatic heterocycles. The highest BCUT2D eigenvalue weighted by molar-refractivity contribution is 7.80. The van der Waals surface area contributed by atoms with Crippen molar-refractivity contribution >= 4 is 28.8 Å². The zero-order valence-electron chi connectivity index (χ0n) is 13.6. The lowest BCUT2D eigenvalue weighted by molar-refractivity contribution is -0.119. The van der Waals surface area contributed by atoms with Crippen molar-refractivity contribution in [2.24, 2.45) is 17.1 Å². The molecule has 116 valence electrons. The molecular weight excluding hydrogens is 280 g/mol. The normalized spacial score (nSPS) is 12.8. The summed E-state index contributed by atoms with van der Waals surface area (Å²) in [4.78, 5) is 14.4. The average Bonchev–Trinajstić information content (AvgIpc) is 2.35. The average molecular weight is 306 g/mol. The largest absolute Gasteiger partial charge is 0.389 e. The van der Waals surface area contributed by atoms with Crippen LogP contribution in [0.4, 0.5) is 5.69 Å². The molecule has 0 spiro atoms. The number of benzene rings is 1. The van der Waals surface area contributed by atoms with Crippen LogP contribution in [0.3, 0.4) is 0 Å². The zero-order valence-corrected chi connectivity index (χ0v) is 14.5. The summed E-state index contributed by atoms with van der Waals surface area (Å²) >= 11 is 5.05. The van der Waals surface area contributed by atoms with Crippen molar-refractivity contribution in [3.8, 4) is 0 Å². The minimum atomic E-state index is 0.0930. The van der Waals surface area contributed by atoms with Crippen LogP contribution in [0.5, 0.6) is 0 Å². The van der Waals surface area contributed by atoms with Crippen molar-refractivity contribution in [3.63, 3.8) is 0 Å². The van der Waals surface area contributed by atoms with E-state index in [1.807, 2.05) is 24.3 Å². The number of anilines is 1. The molecule has 2 N–H and O–H groups in total. The van der Waals surface area contributed by atoms with Crippen LogP contribution in [-0.2, 0) is 4.79 Å². The molecule has 0 aromatic heterocycles. The Morgan fingerprint density at radius 3 is 2.43 bits per heavy atom. The van der Waals surface area contributed by atoms with Gasteiger partial charge >= 0.3 is 0 Å². The standard InChI is InChI=1S/C17H26N2OS/c1-12(11-17(2,3)4)10-15(20)19(5)14-9-7-6-8-13(14)16(18)21/h6-9,12H,10-11H2,1-5H3,(H2,18,21). The summed E-state index contributed by atoms with van der Waals surface area (Å²) in [6.45, 7) is 8.70. The van der Waals surface area contributed by atoms with Gasteiger partial charge in [0.25, 0.3) is 0 Å². The van der Waals surface area contributed by atoms with Gasteiger partial charge in [-0.2, -0.15) is 0 Å². The fourth-order valence-corrected chi connectivity index (χ4v) is 2.83. The van der Waals surface area contributed by atoms with E-state index >= 15 is 0 Å². The smallest absolute Gasteiger partial charge is 0.227 e. The Morgan fingerprint density at radius 1 is 1.33 bits per heavy atom. The van der Waals surface area contributed by atoms with Crippen LogP contribution >= 0.6 is 12.2 Å². The number of carbonyl (C=O) groups excluding carboxylic acids is 1. The Labute approximate surface area is 133 Å². The molecule has 1 amide bonds. The minimum absolute atomic E-state index is 0.0930. The fraction of sp³-hybridized carbons (Fsp3) is 0.529. The van der Waals surface area contributed by atoms with Crippen LogP contribution in [-0.4, -0.2) is 17.9 Å². The minimum Gasteiger partial charge on any atom is -0.389 e. The highest BCUT2D eigenvalue weighted by Gasteiger charge is 2.21. The molecule has 4 heteroatoms. The van der Waals surface area contributed by atoms with Gasteiger partial charge in [-0.25, -0.2) is 0 Å². The van der Waals surface area contributed by atoms with Gasteiger partial charge in [-0.1, -0.05) is 52.0 Å².